The van der Waals surface area contributed by atoms with Gasteiger partial charge in [0.25, 0.3) is 5.97 Å². The number of rotatable bonds is 15. The van der Waals surface area contributed by atoms with Crippen molar-refractivity contribution in [2.75, 3.05) is 40.6 Å². The van der Waals surface area contributed by atoms with Gasteiger partial charge in [-0.2, -0.15) is 0 Å². The molecule has 24 heteroatoms. The molecule has 0 unspecified atom stereocenters. The van der Waals surface area contributed by atoms with E-state index in [1.165, 1.54) is 25.2 Å². The van der Waals surface area contributed by atoms with E-state index in [1.54, 1.807) is 65.2 Å². The first-order valence-corrected chi connectivity index (χ1v) is 22.3. The minimum Gasteiger partial charge on any atom is -0.497 e. The quantitative estimate of drug-likeness (QED) is 0.0466. The molecule has 8 atom stereocenters. The zero-order chi connectivity index (χ0) is 51.8. The van der Waals surface area contributed by atoms with Crippen LogP contribution in [-0.2, 0) is 49.7 Å². The molecule has 23 nitrogen and oxygen atoms in total. The Balaban J connectivity index is 0.000000343. The Kier molecular flexibility index (Phi) is 22.4. The van der Waals surface area contributed by atoms with Gasteiger partial charge in [-0.05, 0) is 53.7 Å². The van der Waals surface area contributed by atoms with Gasteiger partial charge in [-0.3, -0.25) is 28.8 Å². The number of Topliss-reactive ketones (excluding diaryl/α,β-unsaturated/α-hetero) is 1. The maximum atomic E-state index is 12.9. The van der Waals surface area contributed by atoms with Gasteiger partial charge in [-0.15, -0.1) is 11.3 Å². The van der Waals surface area contributed by atoms with Crippen LogP contribution in [0, 0.1) is 24.7 Å². The fourth-order valence-electron chi connectivity index (χ4n) is 6.23. The SMILES string of the molecule is CC(=O)O.COc1ccc(CN2C(=O)[C@@H](C)[C@H]2CO)c(OC)c1.C[C@@H]1C(=O)N[C@@H]1CO.Cc1nc(/C(=N/OC(C)(C)C(=O)OC(C)(C)C)C(=O)C[C@@H]2C(=O)N[C@@H]2CO)cs1.N[C@@H]1C(=O)N[C@@H]1CO. The molecule has 0 radical (unpaired) electrons. The Morgan fingerprint density at radius 1 is 0.853 bits per heavy atom. The predicted molar refractivity (Wildman–Crippen MR) is 245 cm³/mol. The Labute approximate surface area is 398 Å². The number of oxime groups is 1. The number of carbonyl (C=O) groups is 7. The Bertz CT molecular complexity index is 2080. The Morgan fingerprint density at radius 3 is 1.82 bits per heavy atom. The number of carboxylic acids is 1. The van der Waals surface area contributed by atoms with Gasteiger partial charge in [-0.1, -0.05) is 19.0 Å². The summed E-state index contributed by atoms with van der Waals surface area (Å²) in [5.74, 6) is -1.63. The third-order valence-corrected chi connectivity index (χ3v) is 11.4. The van der Waals surface area contributed by atoms with E-state index in [-0.39, 0.29) is 92.2 Å². The number of carboxylic acid groups (broad SMARTS) is 1. The molecule has 2 aromatic rings. The zero-order valence-corrected chi connectivity index (χ0v) is 41.0. The first-order valence-electron chi connectivity index (χ1n) is 21.5. The van der Waals surface area contributed by atoms with Crippen LogP contribution in [-0.4, -0.2) is 165 Å². The van der Waals surface area contributed by atoms with Gasteiger partial charge in [-0.25, -0.2) is 9.78 Å². The number of nitrogens with one attached hydrogen (secondary N) is 3. The van der Waals surface area contributed by atoms with Gasteiger partial charge >= 0.3 is 5.97 Å². The second-order valence-electron chi connectivity index (χ2n) is 17.4. The number of esters is 1. The van der Waals surface area contributed by atoms with Crippen molar-refractivity contribution in [2.24, 2.45) is 28.6 Å². The first-order chi connectivity index (χ1) is 31.7. The lowest BCUT2D eigenvalue weighted by Crippen LogP contribution is -2.68. The normalized spacial score (nSPS) is 23.5. The number of methoxy groups -OCH3 is 2. The van der Waals surface area contributed by atoms with Crippen LogP contribution in [0.15, 0.2) is 28.7 Å². The summed E-state index contributed by atoms with van der Waals surface area (Å²) in [4.78, 5) is 89.7. The topological polar surface area (TPSA) is 348 Å². The van der Waals surface area contributed by atoms with Crippen LogP contribution in [0.5, 0.6) is 11.5 Å². The highest BCUT2D eigenvalue weighted by molar-refractivity contribution is 7.09. The maximum absolute atomic E-state index is 12.9. The van der Waals surface area contributed by atoms with Crippen molar-refractivity contribution in [1.29, 1.82) is 0 Å². The largest absolute Gasteiger partial charge is 0.497 e. The monoisotopic (exact) mass is 981 g/mol. The molecular formula is C44H67N7O16S. The van der Waals surface area contributed by atoms with Crippen molar-refractivity contribution < 1.29 is 78.1 Å². The molecule has 10 N–H and O–H groups in total. The van der Waals surface area contributed by atoms with Crippen molar-refractivity contribution in [3.63, 3.8) is 0 Å². The zero-order valence-electron chi connectivity index (χ0n) is 40.2. The van der Waals surface area contributed by atoms with Crippen LogP contribution in [0.4, 0.5) is 0 Å². The van der Waals surface area contributed by atoms with E-state index in [0.29, 0.717) is 23.7 Å². The van der Waals surface area contributed by atoms with Crippen molar-refractivity contribution in [2.45, 2.75) is 117 Å². The lowest BCUT2D eigenvalue weighted by Gasteiger charge is -2.45. The highest BCUT2D eigenvalue weighted by Gasteiger charge is 2.44. The second-order valence-corrected chi connectivity index (χ2v) is 18.5. The highest BCUT2D eigenvalue weighted by atomic mass is 32.1. The van der Waals surface area contributed by atoms with Gasteiger partial charge in [0.15, 0.2) is 11.5 Å². The van der Waals surface area contributed by atoms with Gasteiger partial charge in [0.2, 0.25) is 29.2 Å². The molecule has 4 saturated heterocycles. The summed E-state index contributed by atoms with van der Waals surface area (Å²) < 4.78 is 15.8. The molecule has 4 aliphatic heterocycles. The molecule has 1 aromatic carbocycles. The lowest BCUT2D eigenvalue weighted by atomic mass is 9.85. The minimum atomic E-state index is -1.44. The molecule has 5 heterocycles. The van der Waals surface area contributed by atoms with Crippen molar-refractivity contribution in [1.82, 2.24) is 25.8 Å². The molecule has 4 amide bonds. The Morgan fingerprint density at radius 2 is 1.43 bits per heavy atom. The van der Waals surface area contributed by atoms with Crippen LogP contribution in [0.1, 0.15) is 78.1 Å². The van der Waals surface area contributed by atoms with E-state index in [0.717, 1.165) is 17.5 Å². The molecule has 1 aromatic heterocycles. The average molecular weight is 982 g/mol. The molecule has 4 aliphatic rings. The molecular weight excluding hydrogens is 915 g/mol. The number of aryl methyl sites for hydroxylation is 1. The van der Waals surface area contributed by atoms with Crippen molar-refractivity contribution >= 4 is 58.4 Å². The fourth-order valence-corrected chi connectivity index (χ4v) is 6.83. The first kappa shape index (κ1) is 58.3. The smallest absolute Gasteiger partial charge is 0.353 e. The predicted octanol–water partition coefficient (Wildman–Crippen LogP) is -0.590. The number of carbonyl (C=O) groups excluding carboxylic acids is 6. The summed E-state index contributed by atoms with van der Waals surface area (Å²) in [6.07, 6.45) is -0.150. The van der Waals surface area contributed by atoms with Crippen LogP contribution in [0.2, 0.25) is 0 Å². The average Bonchev–Trinajstić information content (AvgIpc) is 3.72. The molecule has 4 fully saturated rings. The third-order valence-electron chi connectivity index (χ3n) is 10.6. The van der Waals surface area contributed by atoms with Crippen LogP contribution in [0.3, 0.4) is 0 Å². The molecule has 0 aliphatic carbocycles. The maximum Gasteiger partial charge on any atom is 0.353 e. The number of amides is 4. The van der Waals surface area contributed by atoms with Crippen molar-refractivity contribution in [3.05, 3.63) is 39.8 Å². The number of β-lactam (4-membered cyclic amide) rings is 4. The summed E-state index contributed by atoms with van der Waals surface area (Å²) in [5, 5.41) is 56.6. The van der Waals surface area contributed by atoms with Crippen molar-refractivity contribution in [3.8, 4) is 11.5 Å². The van der Waals surface area contributed by atoms with E-state index >= 15 is 0 Å². The summed E-state index contributed by atoms with van der Waals surface area (Å²) in [7, 11) is 3.18. The number of likely N-dealkylation sites (tertiary alicyclic amines) is 1. The van der Waals surface area contributed by atoms with Crippen LogP contribution >= 0.6 is 11.3 Å². The summed E-state index contributed by atoms with van der Waals surface area (Å²) in [6.45, 7) is 14.9. The molecule has 0 bridgehead atoms. The minimum absolute atomic E-state index is 0.00855. The number of ketones is 1. The van der Waals surface area contributed by atoms with Crippen LogP contribution < -0.4 is 31.2 Å². The number of aliphatic carboxylic acids is 1. The van der Waals surface area contributed by atoms with E-state index < -0.39 is 46.9 Å². The molecule has 0 spiro atoms. The standard InChI is InChI=1S/C19H27N3O6S.C14H19NO4.C5H9NO2.C4H8N2O2.C2H4O2/c1-10-20-13(9-29-10)15(14(24)7-11-12(8-23)21-16(11)25)22-28-19(5,6)17(26)27-18(2,3)4;1-9-12(8-16)15(14(9)17)7-10-4-5-11(18-2)6-13(10)19-3;1-3-4(2-7)6-5(3)8;5-3-2(1-7)6-4(3)8;1-2(3)4/h9,11-12,23H,7-8H2,1-6H3,(H,21,25);4-6,9,12,16H,7-8H2,1-3H3;3-4,7H,2H2,1H3,(H,6,8);2-3,7H,1,5H2,(H,6,8);1H3,(H,3,4)/b22-15-;;;;/t11-,12+;9-,12+;3-,4+;2-,3+;/m0001./s1. The van der Waals surface area contributed by atoms with Gasteiger partial charge in [0.05, 0.1) is 87.6 Å². The Hall–Kier alpha value is -5.79. The van der Waals surface area contributed by atoms with E-state index in [4.69, 9.17) is 44.9 Å². The van der Waals surface area contributed by atoms with Gasteiger partial charge in [0, 0.05) is 36.9 Å². The number of aliphatic hydroxyl groups excluding tert-OH is 4. The summed E-state index contributed by atoms with van der Waals surface area (Å²) >= 11 is 1.33. The highest BCUT2D eigenvalue weighted by Crippen LogP contribution is 2.32. The lowest BCUT2D eigenvalue weighted by molar-refractivity contribution is -0.179. The number of hydrogen-bond donors (Lipinski definition) is 9. The fraction of sp³-hybridized carbons (Fsp3) is 0.614. The number of hydrogen-bond acceptors (Lipinski definition) is 19. The third kappa shape index (κ3) is 16.5. The number of aliphatic hydroxyl groups is 4. The molecule has 0 saturated carbocycles. The number of nitrogens with zero attached hydrogens (tertiary/aromatic N) is 3. The van der Waals surface area contributed by atoms with E-state index in [2.05, 4.69) is 26.1 Å². The van der Waals surface area contributed by atoms with Gasteiger partial charge in [0.1, 0.15) is 28.8 Å². The second kappa shape index (κ2) is 26.1. The number of aromatic nitrogens is 1. The van der Waals surface area contributed by atoms with E-state index in [1.807, 2.05) is 19.1 Å². The number of nitrogens with two attached hydrogens (primary N) is 1. The molecule has 6 rings (SSSR count). The number of benzene rings is 1. The molecule has 68 heavy (non-hydrogen) atoms. The number of thiazole rings is 1. The van der Waals surface area contributed by atoms with Gasteiger partial charge < -0.3 is 71.2 Å². The van der Waals surface area contributed by atoms with Crippen LogP contribution in [0.25, 0.3) is 0 Å². The van der Waals surface area contributed by atoms with E-state index in [9.17, 15) is 39.0 Å². The number of ether oxygens (including phenoxy) is 3. The molecule has 380 valence electrons. The summed E-state index contributed by atoms with van der Waals surface area (Å²) in [5.41, 5.74) is 4.19. The summed E-state index contributed by atoms with van der Waals surface area (Å²) in [6, 6.07) is 4.26.